The molecule has 4 heteroatoms. The molecule has 0 aliphatic rings. The number of nitrogen functional groups attached to an aromatic ring is 2. The number of hydrogen-bond donors (Lipinski definition) is 2. The van der Waals surface area contributed by atoms with E-state index in [4.69, 9.17) is 11.5 Å². The molecule has 0 saturated carbocycles. The molecule has 0 radical (unpaired) electrons. The summed E-state index contributed by atoms with van der Waals surface area (Å²) in [5.41, 5.74) is 14.9. The molecule has 3 rings (SSSR count). The average Bonchev–Trinajstić information content (AvgIpc) is 2.89. The topological polar surface area (TPSA) is 64.9 Å². The van der Waals surface area contributed by atoms with E-state index in [1.54, 1.807) is 0 Å². The second-order valence-corrected chi connectivity index (χ2v) is 5.82. The van der Waals surface area contributed by atoms with Crippen molar-refractivity contribution in [2.75, 3.05) is 11.5 Å². The van der Waals surface area contributed by atoms with Gasteiger partial charge in [0.15, 0.2) is 0 Å². The zero-order valence-corrected chi connectivity index (χ0v) is 12.9. The lowest BCUT2D eigenvalue weighted by Crippen LogP contribution is -1.88. The summed E-state index contributed by atoms with van der Waals surface area (Å²) in [7, 11) is 0. The Labute approximate surface area is 133 Å². The van der Waals surface area contributed by atoms with Gasteiger partial charge in [-0.05, 0) is 47.3 Å². The molecule has 0 bridgehead atoms. The van der Waals surface area contributed by atoms with Crippen molar-refractivity contribution in [3.63, 3.8) is 0 Å². The number of rotatable bonds is 2. The van der Waals surface area contributed by atoms with Crippen LogP contribution in [0.15, 0.2) is 66.7 Å². The Bertz CT molecular complexity index is 854. The molecule has 2 aromatic carbocycles. The van der Waals surface area contributed by atoms with E-state index < -0.39 is 0 Å². The molecule has 22 heavy (non-hydrogen) atoms. The van der Waals surface area contributed by atoms with Gasteiger partial charge in [-0.2, -0.15) is 4.37 Å². The minimum absolute atomic E-state index is 0.609. The second kappa shape index (κ2) is 6.45. The molecule has 110 valence electrons. The van der Waals surface area contributed by atoms with Crippen LogP contribution in [0.25, 0.3) is 10.1 Å². The Morgan fingerprint density at radius 2 is 1.55 bits per heavy atom. The zero-order valence-electron chi connectivity index (χ0n) is 12.1. The Balaban J connectivity index is 2.03. The number of benzene rings is 1. The quantitative estimate of drug-likeness (QED) is 0.746. The van der Waals surface area contributed by atoms with Crippen LogP contribution in [-0.2, 0) is 6.42 Å². The monoisotopic (exact) mass is 307 g/mol. The van der Waals surface area contributed by atoms with Gasteiger partial charge in [-0.25, -0.2) is 0 Å². The van der Waals surface area contributed by atoms with Gasteiger partial charge in [0.25, 0.3) is 0 Å². The zero-order chi connectivity index (χ0) is 15.4. The van der Waals surface area contributed by atoms with Gasteiger partial charge in [0.1, 0.15) is 5.82 Å². The average molecular weight is 307 g/mol. The van der Waals surface area contributed by atoms with Crippen molar-refractivity contribution in [1.29, 1.82) is 0 Å². The molecule has 0 fully saturated rings. The lowest BCUT2D eigenvalue weighted by Gasteiger charge is -2.02. The summed E-state index contributed by atoms with van der Waals surface area (Å²) in [5, 5.41) is 1.04. The van der Waals surface area contributed by atoms with Crippen molar-refractivity contribution >= 4 is 33.1 Å². The third-order valence-corrected chi connectivity index (χ3v) is 4.38. The van der Waals surface area contributed by atoms with Gasteiger partial charge < -0.3 is 11.5 Å². The van der Waals surface area contributed by atoms with Crippen LogP contribution in [0, 0.1) is 0 Å². The molecule has 0 saturated heterocycles. The van der Waals surface area contributed by atoms with Crippen LogP contribution in [-0.4, -0.2) is 4.37 Å². The Kier molecular flexibility index (Phi) is 4.21. The summed E-state index contributed by atoms with van der Waals surface area (Å²) in [5.74, 6) is 0.609. The first-order valence-corrected chi connectivity index (χ1v) is 7.82. The SMILES string of the molecule is Nc1cccccc(Cc2cccc3c(N)nsc23)ccc1. The predicted molar refractivity (Wildman–Crippen MR) is 95.3 cm³/mol. The van der Waals surface area contributed by atoms with E-state index in [1.807, 2.05) is 48.5 Å². The summed E-state index contributed by atoms with van der Waals surface area (Å²) in [6.45, 7) is 0. The van der Waals surface area contributed by atoms with Crippen molar-refractivity contribution < 1.29 is 0 Å². The third kappa shape index (κ3) is 3.18. The van der Waals surface area contributed by atoms with Gasteiger partial charge in [-0.1, -0.05) is 48.5 Å². The van der Waals surface area contributed by atoms with Crippen molar-refractivity contribution in [2.24, 2.45) is 0 Å². The minimum atomic E-state index is 0.609. The molecule has 1 heterocycles. The Hall–Kier alpha value is -2.59. The van der Waals surface area contributed by atoms with Gasteiger partial charge in [-0.3, -0.25) is 0 Å². The summed E-state index contributed by atoms with van der Waals surface area (Å²) < 4.78 is 5.41. The lowest BCUT2D eigenvalue weighted by molar-refractivity contribution is 1.22. The van der Waals surface area contributed by atoms with Crippen LogP contribution in [0.1, 0.15) is 11.1 Å². The molecule has 0 atom stereocenters. The normalized spacial score (nSPS) is 10.4. The maximum atomic E-state index is 5.91. The number of aromatic nitrogens is 1. The van der Waals surface area contributed by atoms with Crippen LogP contribution in [0.2, 0.25) is 0 Å². The first-order chi connectivity index (χ1) is 10.7. The van der Waals surface area contributed by atoms with E-state index in [2.05, 4.69) is 22.6 Å². The van der Waals surface area contributed by atoms with Crippen molar-refractivity contribution in [2.45, 2.75) is 6.42 Å². The molecule has 3 nitrogen and oxygen atoms in total. The molecule has 0 unspecified atom stereocenters. The fraction of sp³-hybridized carbons (Fsp3) is 0.0556. The van der Waals surface area contributed by atoms with Crippen LogP contribution < -0.4 is 11.5 Å². The van der Waals surface area contributed by atoms with E-state index >= 15 is 0 Å². The van der Waals surface area contributed by atoms with Crippen molar-refractivity contribution in [1.82, 2.24) is 4.37 Å². The van der Waals surface area contributed by atoms with E-state index in [9.17, 15) is 0 Å². The summed E-state index contributed by atoms with van der Waals surface area (Å²) in [6.07, 6.45) is 0.831. The first kappa shape index (κ1) is 14.4. The molecule has 0 spiro atoms. The highest BCUT2D eigenvalue weighted by atomic mass is 32.1. The molecule has 0 aliphatic heterocycles. The van der Waals surface area contributed by atoms with Crippen LogP contribution in [0.5, 0.6) is 0 Å². The maximum Gasteiger partial charge on any atom is 0.144 e. The number of fused-ring (bicyclic) bond motifs is 1. The predicted octanol–water partition coefficient (Wildman–Crippen LogP) is 4.18. The number of nitrogens with two attached hydrogens (primary N) is 2. The second-order valence-electron chi connectivity index (χ2n) is 5.05. The van der Waals surface area contributed by atoms with Crippen molar-refractivity contribution in [3.8, 4) is 0 Å². The molecular weight excluding hydrogens is 290 g/mol. The number of anilines is 2. The fourth-order valence-electron chi connectivity index (χ4n) is 2.32. The largest absolute Gasteiger partial charge is 0.399 e. The summed E-state index contributed by atoms with van der Waals surface area (Å²) >= 11 is 1.46. The van der Waals surface area contributed by atoms with Crippen LogP contribution in [0.4, 0.5) is 11.5 Å². The highest BCUT2D eigenvalue weighted by Crippen LogP contribution is 2.28. The summed E-state index contributed by atoms with van der Waals surface area (Å²) in [4.78, 5) is 0. The fourth-order valence-corrected chi connectivity index (χ4v) is 3.14. The molecule has 0 amide bonds. The molecule has 4 N–H and O–H groups in total. The molecular formula is C18H17N3S. The highest BCUT2D eigenvalue weighted by Gasteiger charge is 2.07. The van der Waals surface area contributed by atoms with E-state index in [0.717, 1.165) is 22.2 Å². The molecule has 3 aromatic rings. The Morgan fingerprint density at radius 3 is 2.45 bits per heavy atom. The van der Waals surface area contributed by atoms with Gasteiger partial charge in [0, 0.05) is 11.1 Å². The van der Waals surface area contributed by atoms with Crippen LogP contribution in [0.3, 0.4) is 0 Å². The number of hydrogen-bond acceptors (Lipinski definition) is 4. The molecule has 0 aliphatic carbocycles. The first-order valence-electron chi connectivity index (χ1n) is 7.04. The third-order valence-electron chi connectivity index (χ3n) is 3.42. The lowest BCUT2D eigenvalue weighted by atomic mass is 10.0. The summed E-state index contributed by atoms with van der Waals surface area (Å²) in [6, 6.07) is 22.1. The smallest absolute Gasteiger partial charge is 0.144 e. The highest BCUT2D eigenvalue weighted by molar-refractivity contribution is 7.14. The standard InChI is InChI=1S/C18H17N3S/c19-15-9-3-1-2-6-13(7-4-10-15)12-14-8-5-11-16-17(14)22-21-18(16)20/h1-11H,12,19H2,(H2,20,21). The van der Waals surface area contributed by atoms with E-state index in [0.29, 0.717) is 5.82 Å². The minimum Gasteiger partial charge on any atom is -0.399 e. The van der Waals surface area contributed by atoms with Gasteiger partial charge in [0.2, 0.25) is 0 Å². The van der Waals surface area contributed by atoms with Crippen LogP contribution >= 0.6 is 11.5 Å². The maximum absolute atomic E-state index is 5.91. The van der Waals surface area contributed by atoms with E-state index in [1.165, 1.54) is 22.7 Å². The van der Waals surface area contributed by atoms with Gasteiger partial charge in [0.05, 0.1) is 4.70 Å². The Morgan fingerprint density at radius 1 is 0.818 bits per heavy atom. The van der Waals surface area contributed by atoms with Gasteiger partial charge in [-0.15, -0.1) is 0 Å². The number of nitrogens with zero attached hydrogens (tertiary/aromatic N) is 1. The van der Waals surface area contributed by atoms with E-state index in [-0.39, 0.29) is 0 Å². The molecule has 1 aromatic heterocycles. The van der Waals surface area contributed by atoms with Crippen molar-refractivity contribution in [3.05, 3.63) is 77.9 Å². The van der Waals surface area contributed by atoms with Gasteiger partial charge >= 0.3 is 0 Å².